The standard InChI is InChI=1S/C17H14N4S2/c1-11-15(22-10-21-11)8-18-16-13-7-14(12-5-3-2-4-6-12)23-17(13)20-9-19-16/h2-7,9-10H,8H2,1H3,(H,18,19,20). The Balaban J connectivity index is 1.68. The SMILES string of the molecule is Cc1ncsc1CNc1ncnc2sc(-c3ccccc3)cc12. The van der Waals surface area contributed by atoms with Crippen molar-refractivity contribution in [3.05, 3.63) is 58.8 Å². The lowest BCUT2D eigenvalue weighted by molar-refractivity contribution is 1.09. The first-order chi connectivity index (χ1) is 11.3. The molecule has 23 heavy (non-hydrogen) atoms. The van der Waals surface area contributed by atoms with E-state index in [1.807, 2.05) is 18.5 Å². The van der Waals surface area contributed by atoms with Crippen LogP contribution in [0, 0.1) is 6.92 Å². The zero-order valence-corrected chi connectivity index (χ0v) is 14.1. The van der Waals surface area contributed by atoms with Crippen LogP contribution < -0.4 is 5.32 Å². The lowest BCUT2D eigenvalue weighted by Crippen LogP contribution is -2.01. The third-order valence-corrected chi connectivity index (χ3v) is 5.68. The van der Waals surface area contributed by atoms with Crippen LogP contribution in [0.4, 0.5) is 5.82 Å². The Morgan fingerprint density at radius 1 is 1.09 bits per heavy atom. The molecule has 0 aliphatic carbocycles. The second-order valence-electron chi connectivity index (χ2n) is 5.13. The number of thiophene rings is 1. The monoisotopic (exact) mass is 338 g/mol. The van der Waals surface area contributed by atoms with Gasteiger partial charge in [-0.05, 0) is 18.6 Å². The molecule has 0 radical (unpaired) electrons. The second kappa shape index (κ2) is 6.06. The number of benzene rings is 1. The van der Waals surface area contributed by atoms with Crippen LogP contribution >= 0.6 is 22.7 Å². The van der Waals surface area contributed by atoms with Crippen molar-refractivity contribution in [3.8, 4) is 10.4 Å². The van der Waals surface area contributed by atoms with Gasteiger partial charge in [0.1, 0.15) is 17.0 Å². The summed E-state index contributed by atoms with van der Waals surface area (Å²) in [5, 5.41) is 4.49. The van der Waals surface area contributed by atoms with Gasteiger partial charge in [0.15, 0.2) is 0 Å². The molecule has 0 spiro atoms. The molecule has 3 heterocycles. The quantitative estimate of drug-likeness (QED) is 0.584. The minimum absolute atomic E-state index is 0.735. The van der Waals surface area contributed by atoms with Crippen molar-refractivity contribution < 1.29 is 0 Å². The molecule has 0 bridgehead atoms. The van der Waals surface area contributed by atoms with Gasteiger partial charge in [0.2, 0.25) is 0 Å². The summed E-state index contributed by atoms with van der Waals surface area (Å²) in [6, 6.07) is 12.5. The second-order valence-corrected chi connectivity index (χ2v) is 7.10. The van der Waals surface area contributed by atoms with Gasteiger partial charge in [-0.1, -0.05) is 30.3 Å². The summed E-state index contributed by atoms with van der Waals surface area (Å²) < 4.78 is 0. The molecule has 3 aromatic heterocycles. The van der Waals surface area contributed by atoms with E-state index in [4.69, 9.17) is 0 Å². The number of aromatic nitrogens is 3. The highest BCUT2D eigenvalue weighted by atomic mass is 32.1. The van der Waals surface area contributed by atoms with Gasteiger partial charge < -0.3 is 5.32 Å². The van der Waals surface area contributed by atoms with Gasteiger partial charge in [0, 0.05) is 9.75 Å². The Hall–Kier alpha value is -2.31. The van der Waals surface area contributed by atoms with Crippen LogP contribution in [0.3, 0.4) is 0 Å². The molecule has 0 amide bonds. The lowest BCUT2D eigenvalue weighted by Gasteiger charge is -2.05. The number of hydrogen-bond donors (Lipinski definition) is 1. The molecular weight excluding hydrogens is 324 g/mol. The third-order valence-electron chi connectivity index (χ3n) is 3.65. The maximum Gasteiger partial charge on any atom is 0.138 e. The van der Waals surface area contributed by atoms with Crippen LogP contribution in [0.2, 0.25) is 0 Å². The zero-order valence-electron chi connectivity index (χ0n) is 12.5. The van der Waals surface area contributed by atoms with Crippen molar-refractivity contribution in [1.82, 2.24) is 15.0 Å². The molecule has 0 saturated heterocycles. The molecule has 4 rings (SSSR count). The number of aryl methyl sites for hydroxylation is 1. The molecule has 0 aliphatic heterocycles. The first kappa shape index (κ1) is 14.3. The van der Waals surface area contributed by atoms with E-state index in [0.717, 1.165) is 28.3 Å². The lowest BCUT2D eigenvalue weighted by atomic mass is 10.2. The summed E-state index contributed by atoms with van der Waals surface area (Å²) >= 11 is 3.35. The summed E-state index contributed by atoms with van der Waals surface area (Å²) in [6.45, 7) is 2.76. The highest BCUT2D eigenvalue weighted by molar-refractivity contribution is 7.21. The first-order valence-corrected chi connectivity index (χ1v) is 8.93. The number of rotatable bonds is 4. The number of thiazole rings is 1. The van der Waals surface area contributed by atoms with E-state index in [1.54, 1.807) is 29.0 Å². The largest absolute Gasteiger partial charge is 0.364 e. The van der Waals surface area contributed by atoms with Gasteiger partial charge in [-0.3, -0.25) is 0 Å². The average Bonchev–Trinajstić information content (AvgIpc) is 3.20. The van der Waals surface area contributed by atoms with Crippen LogP contribution in [-0.4, -0.2) is 15.0 Å². The Bertz CT molecular complexity index is 944. The molecule has 4 nitrogen and oxygen atoms in total. The van der Waals surface area contributed by atoms with Crippen molar-refractivity contribution in [1.29, 1.82) is 0 Å². The van der Waals surface area contributed by atoms with Crippen LogP contribution in [0.5, 0.6) is 0 Å². The predicted molar refractivity (Wildman–Crippen MR) is 97.0 cm³/mol. The summed E-state index contributed by atoms with van der Waals surface area (Å²) in [6.07, 6.45) is 1.62. The van der Waals surface area contributed by atoms with Crippen LogP contribution in [0.1, 0.15) is 10.6 Å². The zero-order chi connectivity index (χ0) is 15.6. The Kier molecular flexibility index (Phi) is 3.77. The maximum atomic E-state index is 4.41. The average molecular weight is 338 g/mol. The van der Waals surface area contributed by atoms with E-state index in [-0.39, 0.29) is 0 Å². The van der Waals surface area contributed by atoms with E-state index in [2.05, 4.69) is 50.6 Å². The minimum Gasteiger partial charge on any atom is -0.364 e. The van der Waals surface area contributed by atoms with Gasteiger partial charge in [-0.2, -0.15) is 0 Å². The number of anilines is 1. The van der Waals surface area contributed by atoms with Gasteiger partial charge in [-0.25, -0.2) is 15.0 Å². The fraction of sp³-hybridized carbons (Fsp3) is 0.118. The predicted octanol–water partition coefficient (Wildman–Crippen LogP) is 4.74. The van der Waals surface area contributed by atoms with Crippen molar-refractivity contribution in [2.75, 3.05) is 5.32 Å². The van der Waals surface area contributed by atoms with Gasteiger partial charge >= 0.3 is 0 Å². The molecule has 0 saturated carbocycles. The molecule has 0 atom stereocenters. The Labute approximate surface area is 141 Å². The van der Waals surface area contributed by atoms with Crippen LogP contribution in [0.15, 0.2) is 48.2 Å². The fourth-order valence-electron chi connectivity index (χ4n) is 2.40. The molecule has 1 aromatic carbocycles. The van der Waals surface area contributed by atoms with Crippen LogP contribution in [0.25, 0.3) is 20.7 Å². The topological polar surface area (TPSA) is 50.7 Å². The first-order valence-electron chi connectivity index (χ1n) is 7.24. The van der Waals surface area contributed by atoms with Gasteiger partial charge in [0.05, 0.1) is 23.1 Å². The van der Waals surface area contributed by atoms with Crippen molar-refractivity contribution >= 4 is 38.7 Å². The van der Waals surface area contributed by atoms with Crippen LogP contribution in [-0.2, 0) is 6.54 Å². The van der Waals surface area contributed by atoms with E-state index < -0.39 is 0 Å². The summed E-state index contributed by atoms with van der Waals surface area (Å²) in [7, 11) is 0. The number of fused-ring (bicyclic) bond motifs is 1. The molecule has 1 N–H and O–H groups in total. The van der Waals surface area contributed by atoms with E-state index >= 15 is 0 Å². The molecule has 114 valence electrons. The van der Waals surface area contributed by atoms with Gasteiger partial charge in [0.25, 0.3) is 0 Å². The minimum atomic E-state index is 0.735. The summed E-state index contributed by atoms with van der Waals surface area (Å²) in [5.74, 6) is 0.876. The number of hydrogen-bond acceptors (Lipinski definition) is 6. The molecule has 4 aromatic rings. The Morgan fingerprint density at radius 2 is 1.96 bits per heavy atom. The van der Waals surface area contributed by atoms with Crippen molar-refractivity contribution in [2.45, 2.75) is 13.5 Å². The molecule has 0 aliphatic rings. The molecule has 0 fully saturated rings. The summed E-state index contributed by atoms with van der Waals surface area (Å²) in [5.41, 5.74) is 4.16. The third kappa shape index (κ3) is 2.83. The normalized spacial score (nSPS) is 11.0. The highest BCUT2D eigenvalue weighted by Crippen LogP contribution is 2.35. The van der Waals surface area contributed by atoms with Crippen molar-refractivity contribution in [3.63, 3.8) is 0 Å². The number of nitrogens with zero attached hydrogens (tertiary/aromatic N) is 3. The molecule has 0 unspecified atom stereocenters. The fourth-order valence-corrected chi connectivity index (χ4v) is 4.12. The maximum absolute atomic E-state index is 4.41. The Morgan fingerprint density at radius 3 is 2.74 bits per heavy atom. The van der Waals surface area contributed by atoms with Gasteiger partial charge in [-0.15, -0.1) is 22.7 Å². The van der Waals surface area contributed by atoms with Crippen molar-refractivity contribution in [2.24, 2.45) is 0 Å². The van der Waals surface area contributed by atoms with E-state index in [1.165, 1.54) is 15.3 Å². The summed E-state index contributed by atoms with van der Waals surface area (Å²) in [4.78, 5) is 16.5. The highest BCUT2D eigenvalue weighted by Gasteiger charge is 2.10. The molecule has 6 heteroatoms. The number of nitrogens with one attached hydrogen (secondary N) is 1. The van der Waals surface area contributed by atoms with E-state index in [9.17, 15) is 0 Å². The van der Waals surface area contributed by atoms with E-state index in [0.29, 0.717) is 0 Å². The smallest absolute Gasteiger partial charge is 0.138 e. The molecular formula is C17H14N4S2.